The average molecular weight is 1030 g/mol. The Labute approximate surface area is 431 Å². The third-order valence-corrected chi connectivity index (χ3v) is 12.6. The summed E-state index contributed by atoms with van der Waals surface area (Å²) in [4.78, 5) is 124. The molecule has 3 aromatic rings. The molecule has 0 aromatic heterocycles. The number of ketones is 2. The fourth-order valence-corrected chi connectivity index (χ4v) is 8.81. The molecule has 22 nitrogen and oxygen atoms in total. The van der Waals surface area contributed by atoms with Gasteiger partial charge in [-0.1, -0.05) is 68.4 Å². The SMILES string of the molecule is CC(C)C[C@H](NC(=O)[C@H](N)COC(C)(C)C)C(=O)N[C@@H](CCCN=C(N)N)C(=O)N1CCC[C@H]1C(=O)C(C(=O)[C@H](C)N)(C(=O)N(C)C(=O)[C@H](Cc1ccc(O)cc1)NC(=O)[C@@H](N)CO)c1cccc2ccccc12. The van der Waals surface area contributed by atoms with Crippen LogP contribution >= 0.6 is 0 Å². The lowest BCUT2D eigenvalue weighted by atomic mass is 9.66. The molecule has 6 amide bonds. The van der Waals surface area contributed by atoms with Crippen molar-refractivity contribution in [3.63, 3.8) is 0 Å². The van der Waals surface area contributed by atoms with Gasteiger partial charge in [0.15, 0.2) is 22.9 Å². The Kier molecular flexibility index (Phi) is 21.3. The third-order valence-electron chi connectivity index (χ3n) is 12.6. The van der Waals surface area contributed by atoms with Gasteiger partial charge in [0.2, 0.25) is 23.6 Å². The van der Waals surface area contributed by atoms with Gasteiger partial charge in [0.05, 0.1) is 30.9 Å². The second-order valence-electron chi connectivity index (χ2n) is 20.1. The van der Waals surface area contributed by atoms with Crippen LogP contribution in [0.25, 0.3) is 10.8 Å². The number of fused-ring (bicyclic) bond motifs is 1. The number of nitrogens with one attached hydrogen (secondary N) is 3. The van der Waals surface area contributed by atoms with Crippen molar-refractivity contribution in [1.82, 2.24) is 25.8 Å². The number of likely N-dealkylation sites (tertiary alicyclic amines) is 1. The van der Waals surface area contributed by atoms with Crippen molar-refractivity contribution in [2.24, 2.45) is 39.6 Å². The van der Waals surface area contributed by atoms with Gasteiger partial charge in [0.1, 0.15) is 36.0 Å². The molecule has 4 rings (SSSR count). The normalized spacial score (nSPS) is 16.9. The Morgan fingerprint density at radius 1 is 0.824 bits per heavy atom. The van der Waals surface area contributed by atoms with Crippen LogP contribution in [0.1, 0.15) is 84.8 Å². The van der Waals surface area contributed by atoms with Gasteiger partial charge in [0.25, 0.3) is 11.8 Å². The lowest BCUT2D eigenvalue weighted by Crippen LogP contribution is -2.66. The zero-order valence-corrected chi connectivity index (χ0v) is 43.3. The van der Waals surface area contributed by atoms with Crippen LogP contribution in [0, 0.1) is 5.92 Å². The molecule has 15 N–H and O–H groups in total. The Morgan fingerprint density at radius 3 is 2.04 bits per heavy atom. The maximum Gasteiger partial charge on any atom is 0.254 e. The highest BCUT2D eigenvalue weighted by Gasteiger charge is 2.60. The molecule has 0 aliphatic carbocycles. The molecule has 1 fully saturated rings. The number of carbonyl (C=O) groups excluding carboxylic acids is 8. The number of aliphatic imine (C=N–C) groups is 1. The smallest absolute Gasteiger partial charge is 0.254 e. The maximum atomic E-state index is 16.1. The number of rotatable bonds is 25. The summed E-state index contributed by atoms with van der Waals surface area (Å²) in [6.45, 7) is 9.39. The van der Waals surface area contributed by atoms with Crippen molar-refractivity contribution < 1.29 is 53.3 Å². The second-order valence-corrected chi connectivity index (χ2v) is 20.1. The van der Waals surface area contributed by atoms with Crippen molar-refractivity contribution in [3.8, 4) is 5.75 Å². The number of nitrogens with zero attached hydrogens (tertiary/aromatic N) is 3. The van der Waals surface area contributed by atoms with E-state index in [-0.39, 0.29) is 86.8 Å². The van der Waals surface area contributed by atoms with Gasteiger partial charge < -0.3 is 64.5 Å². The Morgan fingerprint density at radius 2 is 1.43 bits per heavy atom. The van der Waals surface area contributed by atoms with Gasteiger partial charge in [0, 0.05) is 26.6 Å². The highest BCUT2D eigenvalue weighted by Crippen LogP contribution is 2.39. The van der Waals surface area contributed by atoms with Gasteiger partial charge in [-0.2, -0.15) is 0 Å². The molecule has 1 aliphatic heterocycles. The minimum Gasteiger partial charge on any atom is -0.508 e. The van der Waals surface area contributed by atoms with Gasteiger partial charge in [-0.25, -0.2) is 0 Å². The number of imide groups is 1. The largest absolute Gasteiger partial charge is 0.508 e. The van der Waals surface area contributed by atoms with Crippen molar-refractivity contribution in [3.05, 3.63) is 77.9 Å². The summed E-state index contributed by atoms with van der Waals surface area (Å²) in [5.41, 5.74) is 26.3. The lowest BCUT2D eigenvalue weighted by Gasteiger charge is -2.39. The van der Waals surface area contributed by atoms with Crippen LogP contribution in [0.15, 0.2) is 71.7 Å². The first-order valence-electron chi connectivity index (χ1n) is 24.7. The molecule has 0 bridgehead atoms. The minimum atomic E-state index is -2.93. The molecule has 404 valence electrons. The molecule has 1 saturated heterocycles. The summed E-state index contributed by atoms with van der Waals surface area (Å²) >= 11 is 0. The number of carbonyl (C=O) groups is 8. The first-order chi connectivity index (χ1) is 34.7. The number of phenols is 1. The summed E-state index contributed by atoms with van der Waals surface area (Å²) < 4.78 is 5.70. The zero-order chi connectivity index (χ0) is 55.2. The molecule has 0 radical (unpaired) electrons. The van der Waals surface area contributed by atoms with E-state index in [1.165, 1.54) is 48.2 Å². The van der Waals surface area contributed by atoms with Crippen molar-refractivity contribution in [1.29, 1.82) is 0 Å². The molecule has 0 spiro atoms. The third kappa shape index (κ3) is 15.1. The summed E-state index contributed by atoms with van der Waals surface area (Å²) in [7, 11) is 1.05. The van der Waals surface area contributed by atoms with Crippen LogP contribution in [-0.4, -0.2) is 154 Å². The van der Waals surface area contributed by atoms with E-state index in [2.05, 4.69) is 20.9 Å². The van der Waals surface area contributed by atoms with Crippen molar-refractivity contribution in [2.45, 2.75) is 133 Å². The van der Waals surface area contributed by atoms with Gasteiger partial charge in [-0.05, 0) is 99.7 Å². The first-order valence-corrected chi connectivity index (χ1v) is 24.7. The number of nitrogens with two attached hydrogens (primary N) is 5. The predicted octanol–water partition coefficient (Wildman–Crippen LogP) is -0.497. The summed E-state index contributed by atoms with van der Waals surface area (Å²) in [6, 6.07) is 7.07. The summed E-state index contributed by atoms with van der Waals surface area (Å²) in [6.07, 6.45) is 0.0676. The van der Waals surface area contributed by atoms with E-state index < -0.39 is 107 Å². The average Bonchev–Trinajstić information content (AvgIpc) is 3.85. The zero-order valence-electron chi connectivity index (χ0n) is 43.3. The highest BCUT2D eigenvalue weighted by atomic mass is 16.5. The number of aliphatic hydroxyl groups excluding tert-OH is 1. The number of ether oxygens (including phenoxy) is 1. The fraction of sp³-hybridized carbons (Fsp3) is 0.519. The maximum absolute atomic E-state index is 16.1. The number of hydrogen-bond donors (Lipinski definition) is 10. The molecule has 3 aromatic carbocycles. The molecule has 8 atom stereocenters. The number of phenolic OH excluding ortho intramolecular Hbond substituents is 1. The highest BCUT2D eigenvalue weighted by molar-refractivity contribution is 6.34. The van der Waals surface area contributed by atoms with Crippen LogP contribution in [0.5, 0.6) is 5.75 Å². The second kappa shape index (κ2) is 26.4. The standard InChI is InChI=1S/C52H75N11O11/c1-29(2)25-39(60-45(69)37(55)28-74-51(4,5)6)46(70)59-38(17-11-23-58-50(56)57)48(72)63-24-12-18-41(63)43(67)52(42(66)30(3)53,35-16-10-14-32-13-8-9-15-34(32)35)49(73)62(7)47(71)40(61-44(68)36(54)27-64)26-31-19-21-33(65)22-20-31/h8-10,13-16,19-22,29-30,36-41,64-65H,11-12,17-18,23-28,53-55H2,1-7H3,(H,59,70)(H,60,69)(H,61,68)(H4,56,57,58)/t30-,36-,37+,38-,39-,40-,41-,52?/m0/s1. The molecule has 1 heterocycles. The van der Waals surface area contributed by atoms with Crippen LogP contribution in [-0.2, 0) is 54.9 Å². The van der Waals surface area contributed by atoms with E-state index in [1.54, 1.807) is 51.1 Å². The minimum absolute atomic E-state index is 0.0429. The monoisotopic (exact) mass is 1030 g/mol. The van der Waals surface area contributed by atoms with E-state index in [0.29, 0.717) is 15.8 Å². The Bertz CT molecular complexity index is 2520. The number of Topliss-reactive ketones (excluding diaryl/α,β-unsaturated/α-hetero) is 2. The molecule has 1 aliphatic rings. The number of benzene rings is 3. The topological polar surface area (TPSA) is 371 Å². The fourth-order valence-electron chi connectivity index (χ4n) is 8.81. The van der Waals surface area contributed by atoms with E-state index in [1.807, 2.05) is 13.8 Å². The quantitative estimate of drug-likeness (QED) is 0.0221. The van der Waals surface area contributed by atoms with E-state index in [9.17, 15) is 29.4 Å². The molecule has 74 heavy (non-hydrogen) atoms. The van der Waals surface area contributed by atoms with Crippen LogP contribution in [0.2, 0.25) is 0 Å². The molecular formula is C52H75N11O11. The summed E-state index contributed by atoms with van der Waals surface area (Å²) in [5, 5.41) is 28.4. The van der Waals surface area contributed by atoms with Gasteiger partial charge in [-0.3, -0.25) is 48.2 Å². The van der Waals surface area contributed by atoms with Crippen LogP contribution in [0.4, 0.5) is 0 Å². The van der Waals surface area contributed by atoms with E-state index in [4.69, 9.17) is 33.4 Å². The van der Waals surface area contributed by atoms with Gasteiger partial charge in [-0.15, -0.1) is 0 Å². The summed E-state index contributed by atoms with van der Waals surface area (Å²) in [5.74, 6) is -8.20. The Hall–Kier alpha value is -6.85. The predicted molar refractivity (Wildman–Crippen MR) is 278 cm³/mol. The van der Waals surface area contributed by atoms with Crippen molar-refractivity contribution >= 4 is 63.7 Å². The van der Waals surface area contributed by atoms with Crippen molar-refractivity contribution in [2.75, 3.05) is 33.4 Å². The van der Waals surface area contributed by atoms with E-state index in [0.717, 1.165) is 7.05 Å². The number of guanidine groups is 1. The number of aromatic hydroxyl groups is 1. The number of likely N-dealkylation sites (N-methyl/N-ethyl adjacent to an activating group) is 1. The van der Waals surface area contributed by atoms with E-state index >= 15 is 19.2 Å². The van der Waals surface area contributed by atoms with Gasteiger partial charge >= 0.3 is 0 Å². The Balaban J connectivity index is 1.87. The number of hydrogen-bond acceptors (Lipinski definition) is 15. The number of aliphatic hydroxyl groups is 1. The number of amides is 6. The lowest BCUT2D eigenvalue weighted by molar-refractivity contribution is -0.157. The molecule has 0 saturated carbocycles. The first kappa shape index (κ1) is 59.7. The molecule has 22 heteroatoms. The van der Waals surface area contributed by atoms with Crippen LogP contribution in [0.3, 0.4) is 0 Å². The van der Waals surface area contributed by atoms with Crippen LogP contribution < -0.4 is 44.6 Å². The molecular weight excluding hydrogens is 955 g/mol. The molecule has 1 unspecified atom stereocenters.